The molecule has 0 radical (unpaired) electrons. The SMILES string of the molecule is C=CC(C)(CNCCC)Cc1cc(F)ccc1F. The van der Waals surface area contributed by atoms with E-state index in [0.717, 1.165) is 19.0 Å². The van der Waals surface area contributed by atoms with E-state index >= 15 is 0 Å². The second kappa shape index (κ2) is 6.64. The smallest absolute Gasteiger partial charge is 0.126 e. The lowest BCUT2D eigenvalue weighted by Crippen LogP contribution is -2.32. The maximum absolute atomic E-state index is 13.6. The summed E-state index contributed by atoms with van der Waals surface area (Å²) in [6.07, 6.45) is 3.29. The van der Waals surface area contributed by atoms with Gasteiger partial charge in [-0.2, -0.15) is 0 Å². The van der Waals surface area contributed by atoms with Crippen molar-refractivity contribution in [3.05, 3.63) is 48.1 Å². The van der Waals surface area contributed by atoms with Crippen LogP contribution >= 0.6 is 0 Å². The number of benzene rings is 1. The molecule has 0 aliphatic carbocycles. The first-order valence-corrected chi connectivity index (χ1v) is 6.29. The highest BCUT2D eigenvalue weighted by Crippen LogP contribution is 2.25. The van der Waals surface area contributed by atoms with Crippen LogP contribution in [0.2, 0.25) is 0 Å². The topological polar surface area (TPSA) is 12.0 Å². The van der Waals surface area contributed by atoms with Gasteiger partial charge in [-0.3, -0.25) is 0 Å². The number of hydrogen-bond acceptors (Lipinski definition) is 1. The third kappa shape index (κ3) is 4.22. The molecule has 0 aliphatic rings. The summed E-state index contributed by atoms with van der Waals surface area (Å²) in [5, 5.41) is 3.29. The zero-order valence-corrected chi connectivity index (χ0v) is 11.1. The van der Waals surface area contributed by atoms with Gasteiger partial charge < -0.3 is 5.32 Å². The molecule has 0 aliphatic heterocycles. The summed E-state index contributed by atoms with van der Waals surface area (Å²) in [6.45, 7) is 9.50. The first kappa shape index (κ1) is 14.8. The van der Waals surface area contributed by atoms with Crippen LogP contribution in [0.15, 0.2) is 30.9 Å². The molecule has 1 aromatic rings. The molecule has 1 unspecified atom stereocenters. The highest BCUT2D eigenvalue weighted by Gasteiger charge is 2.22. The fourth-order valence-electron chi connectivity index (χ4n) is 1.87. The van der Waals surface area contributed by atoms with Crippen LogP contribution < -0.4 is 5.32 Å². The number of nitrogens with one attached hydrogen (secondary N) is 1. The molecule has 0 aromatic heterocycles. The van der Waals surface area contributed by atoms with Crippen LogP contribution in [0.4, 0.5) is 8.78 Å². The van der Waals surface area contributed by atoms with Gasteiger partial charge in [-0.1, -0.05) is 19.9 Å². The summed E-state index contributed by atoms with van der Waals surface area (Å²) in [6, 6.07) is 3.57. The van der Waals surface area contributed by atoms with Crippen LogP contribution in [0.1, 0.15) is 25.8 Å². The van der Waals surface area contributed by atoms with Gasteiger partial charge in [0.2, 0.25) is 0 Å². The highest BCUT2D eigenvalue weighted by molar-refractivity contribution is 5.21. The monoisotopic (exact) mass is 253 g/mol. The summed E-state index contributed by atoms with van der Waals surface area (Å²) in [5.41, 5.74) is 0.125. The van der Waals surface area contributed by atoms with E-state index in [1.54, 1.807) is 6.08 Å². The van der Waals surface area contributed by atoms with E-state index in [-0.39, 0.29) is 11.2 Å². The Morgan fingerprint density at radius 1 is 1.39 bits per heavy atom. The molecule has 18 heavy (non-hydrogen) atoms. The molecule has 0 fully saturated rings. The van der Waals surface area contributed by atoms with Gasteiger partial charge >= 0.3 is 0 Å². The lowest BCUT2D eigenvalue weighted by atomic mass is 9.83. The lowest BCUT2D eigenvalue weighted by Gasteiger charge is -2.26. The van der Waals surface area contributed by atoms with Crippen LogP contribution in [-0.4, -0.2) is 13.1 Å². The third-order valence-electron chi connectivity index (χ3n) is 3.05. The van der Waals surface area contributed by atoms with Crippen molar-refractivity contribution in [3.8, 4) is 0 Å². The minimum Gasteiger partial charge on any atom is -0.316 e. The molecule has 0 amide bonds. The van der Waals surface area contributed by atoms with Crippen molar-refractivity contribution in [3.63, 3.8) is 0 Å². The molecule has 0 heterocycles. The fourth-order valence-corrected chi connectivity index (χ4v) is 1.87. The van der Waals surface area contributed by atoms with Gasteiger partial charge in [0.15, 0.2) is 0 Å². The normalized spacial score (nSPS) is 14.2. The zero-order chi connectivity index (χ0) is 13.6. The fraction of sp³-hybridized carbons (Fsp3) is 0.467. The molecule has 0 spiro atoms. The van der Waals surface area contributed by atoms with Gasteiger partial charge in [0.1, 0.15) is 11.6 Å². The molecule has 1 N–H and O–H groups in total. The quantitative estimate of drug-likeness (QED) is 0.577. The Hall–Kier alpha value is -1.22. The zero-order valence-electron chi connectivity index (χ0n) is 11.1. The molecule has 100 valence electrons. The Labute approximate surface area is 108 Å². The Kier molecular flexibility index (Phi) is 5.48. The first-order chi connectivity index (χ1) is 8.50. The summed E-state index contributed by atoms with van der Waals surface area (Å²) in [4.78, 5) is 0. The molecule has 1 nitrogen and oxygen atoms in total. The van der Waals surface area contributed by atoms with Crippen molar-refractivity contribution in [1.29, 1.82) is 0 Å². The predicted octanol–water partition coefficient (Wildman–Crippen LogP) is 3.70. The lowest BCUT2D eigenvalue weighted by molar-refractivity contribution is 0.384. The van der Waals surface area contributed by atoms with Gasteiger partial charge in [0.25, 0.3) is 0 Å². The van der Waals surface area contributed by atoms with Crippen molar-refractivity contribution in [2.45, 2.75) is 26.7 Å². The molecular weight excluding hydrogens is 232 g/mol. The molecule has 1 rings (SSSR count). The highest BCUT2D eigenvalue weighted by atomic mass is 19.1. The van der Waals surface area contributed by atoms with Crippen LogP contribution in [0.25, 0.3) is 0 Å². The Balaban J connectivity index is 2.77. The second-order valence-corrected chi connectivity index (χ2v) is 4.95. The number of hydrogen-bond donors (Lipinski definition) is 1. The van der Waals surface area contributed by atoms with Crippen LogP contribution in [0, 0.1) is 17.0 Å². The van der Waals surface area contributed by atoms with Crippen molar-refractivity contribution >= 4 is 0 Å². The second-order valence-electron chi connectivity index (χ2n) is 4.95. The maximum Gasteiger partial charge on any atom is 0.126 e. The summed E-state index contributed by atoms with van der Waals surface area (Å²) in [5.74, 6) is -0.765. The summed E-state index contributed by atoms with van der Waals surface area (Å²) in [7, 11) is 0. The van der Waals surface area contributed by atoms with Gasteiger partial charge in [-0.15, -0.1) is 6.58 Å². The number of halogens is 2. The van der Waals surface area contributed by atoms with E-state index in [9.17, 15) is 8.78 Å². The van der Waals surface area contributed by atoms with Crippen LogP contribution in [0.3, 0.4) is 0 Å². The van der Waals surface area contributed by atoms with E-state index in [2.05, 4.69) is 18.8 Å². The minimum atomic E-state index is -0.403. The number of rotatable bonds is 7. The van der Waals surface area contributed by atoms with Gasteiger partial charge in [0, 0.05) is 12.0 Å². The Morgan fingerprint density at radius 3 is 2.72 bits per heavy atom. The van der Waals surface area contributed by atoms with Gasteiger partial charge in [-0.25, -0.2) is 8.78 Å². The predicted molar refractivity (Wildman–Crippen MR) is 71.5 cm³/mol. The molecule has 1 aromatic carbocycles. The average Bonchev–Trinajstić information content (AvgIpc) is 2.34. The van der Waals surface area contributed by atoms with Crippen molar-refractivity contribution < 1.29 is 8.78 Å². The standard InChI is InChI=1S/C15H21F2N/c1-4-8-18-11-15(3,5-2)10-12-9-13(16)6-7-14(12)17/h5-7,9,18H,2,4,8,10-11H2,1,3H3. The largest absolute Gasteiger partial charge is 0.316 e. The summed E-state index contributed by atoms with van der Waals surface area (Å²) >= 11 is 0. The molecule has 1 atom stereocenters. The third-order valence-corrected chi connectivity index (χ3v) is 3.05. The molecule has 3 heteroatoms. The van der Waals surface area contributed by atoms with Crippen molar-refractivity contribution in [1.82, 2.24) is 5.32 Å². The molecular formula is C15H21F2N. The van der Waals surface area contributed by atoms with Crippen molar-refractivity contribution in [2.24, 2.45) is 5.41 Å². The maximum atomic E-state index is 13.6. The molecule has 0 saturated heterocycles. The minimum absolute atomic E-state index is 0.274. The van der Waals surface area contributed by atoms with Gasteiger partial charge in [0.05, 0.1) is 0 Å². The van der Waals surface area contributed by atoms with E-state index in [0.29, 0.717) is 18.5 Å². The first-order valence-electron chi connectivity index (χ1n) is 6.29. The van der Waals surface area contributed by atoms with E-state index in [1.165, 1.54) is 12.1 Å². The van der Waals surface area contributed by atoms with Crippen LogP contribution in [0.5, 0.6) is 0 Å². The van der Waals surface area contributed by atoms with E-state index in [1.807, 2.05) is 6.92 Å². The van der Waals surface area contributed by atoms with E-state index < -0.39 is 5.82 Å². The van der Waals surface area contributed by atoms with Crippen LogP contribution in [-0.2, 0) is 6.42 Å². The van der Waals surface area contributed by atoms with Crippen molar-refractivity contribution in [2.75, 3.05) is 13.1 Å². The summed E-state index contributed by atoms with van der Waals surface area (Å²) < 4.78 is 26.7. The van der Waals surface area contributed by atoms with E-state index in [4.69, 9.17) is 0 Å². The Morgan fingerprint density at radius 2 is 2.11 bits per heavy atom. The molecule has 0 bridgehead atoms. The van der Waals surface area contributed by atoms with Gasteiger partial charge in [-0.05, 0) is 43.1 Å². The average molecular weight is 253 g/mol. The Bertz CT molecular complexity index is 403. The molecule has 0 saturated carbocycles.